The predicted molar refractivity (Wildman–Crippen MR) is 396 cm³/mol. The van der Waals surface area contributed by atoms with Gasteiger partial charge in [-0.1, -0.05) is 382 Å². The number of hydrogen-bond donors (Lipinski definition) is 0. The van der Waals surface area contributed by atoms with E-state index in [-0.39, 0.29) is 0 Å². The molecule has 86 heavy (non-hydrogen) atoms. The Labute approximate surface area is 549 Å². The molecule has 9 saturated carbocycles. The molecule has 9 aliphatic carbocycles. The van der Waals surface area contributed by atoms with Crippen molar-refractivity contribution in [3.8, 4) is 0 Å². The molecule has 0 heterocycles. The average Bonchev–Trinajstić information content (AvgIpc) is 4.41. The quantitative estimate of drug-likeness (QED) is 0.247. The van der Waals surface area contributed by atoms with Crippen LogP contribution >= 0.6 is 0 Å². The molecule has 0 amide bonds. The van der Waals surface area contributed by atoms with Crippen LogP contribution in [-0.4, -0.2) is 0 Å². The topological polar surface area (TPSA) is 0 Å². The van der Waals surface area contributed by atoms with Crippen molar-refractivity contribution in [2.24, 2.45) is 54.7 Å². The Kier molecular flexibility index (Phi) is 45.1. The van der Waals surface area contributed by atoms with E-state index in [0.29, 0.717) is 37.9 Å². The smallest absolute Gasteiger partial charge is 0.0303 e. The van der Waals surface area contributed by atoms with Crippen LogP contribution in [0.3, 0.4) is 0 Å². The van der Waals surface area contributed by atoms with Crippen LogP contribution in [0, 0.1) is 54.7 Å². The maximum Gasteiger partial charge on any atom is -0.0303 e. The first-order valence-corrected chi connectivity index (χ1v) is 40.4. The monoisotopic (exact) mass is 1210 g/mol. The summed E-state index contributed by atoms with van der Waals surface area (Å²) in [4.78, 5) is 0. The van der Waals surface area contributed by atoms with Gasteiger partial charge in [0.2, 0.25) is 0 Å². The van der Waals surface area contributed by atoms with Crippen LogP contribution in [0.2, 0.25) is 0 Å². The van der Waals surface area contributed by atoms with E-state index in [4.69, 9.17) is 0 Å². The molecule has 9 fully saturated rings. The van der Waals surface area contributed by atoms with Gasteiger partial charge >= 0.3 is 0 Å². The van der Waals surface area contributed by atoms with Crippen molar-refractivity contribution in [3.63, 3.8) is 0 Å². The fraction of sp³-hybridized carbons (Fsp3) is 1.00. The van der Waals surface area contributed by atoms with E-state index < -0.39 is 0 Å². The highest BCUT2D eigenvalue weighted by Gasteiger charge is 2.32. The van der Waals surface area contributed by atoms with Crippen LogP contribution in [-0.2, 0) is 0 Å². The highest BCUT2D eigenvalue weighted by atomic mass is 14.4. The molecule has 0 N–H and O–H groups in total. The van der Waals surface area contributed by atoms with Gasteiger partial charge in [0.25, 0.3) is 0 Å². The summed E-state index contributed by atoms with van der Waals surface area (Å²) in [5.74, 6) is 0.889. The molecule has 0 aromatic carbocycles. The molecule has 0 saturated heterocycles. The van der Waals surface area contributed by atoms with Crippen molar-refractivity contribution in [1.29, 1.82) is 0 Å². The van der Waals surface area contributed by atoms with E-state index in [0.717, 1.165) is 16.7 Å². The molecule has 0 bridgehead atoms. The third-order valence-electron chi connectivity index (χ3n) is 25.0. The Morgan fingerprint density at radius 3 is 0.419 bits per heavy atom. The second-order valence-electron chi connectivity index (χ2n) is 37.7. The van der Waals surface area contributed by atoms with E-state index in [1.54, 1.807) is 0 Å². The minimum absolute atomic E-state index is 0.624. The van der Waals surface area contributed by atoms with Crippen molar-refractivity contribution in [3.05, 3.63) is 0 Å². The zero-order valence-electron chi connectivity index (χ0n) is 64.4. The average molecular weight is 1210 g/mol. The fourth-order valence-corrected chi connectivity index (χ4v) is 16.3. The molecule has 0 nitrogen and oxygen atoms in total. The minimum atomic E-state index is 0.624. The molecular formula is C86H172. The molecule has 0 heteroatoms. The van der Waals surface area contributed by atoms with Crippen molar-refractivity contribution < 1.29 is 0 Å². The Balaban J connectivity index is 0.000000487. The minimum Gasteiger partial charge on any atom is -0.0649 e. The van der Waals surface area contributed by atoms with Gasteiger partial charge in [-0.25, -0.2) is 0 Å². The third kappa shape index (κ3) is 46.1. The molecule has 516 valence electrons. The summed E-state index contributed by atoms with van der Waals surface area (Å²) in [6, 6.07) is 0. The van der Waals surface area contributed by atoms with E-state index in [1.165, 1.54) is 366 Å². The Hall–Kier alpha value is 0. The summed E-state index contributed by atoms with van der Waals surface area (Å²) in [5, 5.41) is 0. The van der Waals surface area contributed by atoms with Crippen LogP contribution < -0.4 is 0 Å². The van der Waals surface area contributed by atoms with Gasteiger partial charge in [-0.15, -0.1) is 0 Å². The fourth-order valence-electron chi connectivity index (χ4n) is 16.3. The van der Waals surface area contributed by atoms with Gasteiger partial charge in [-0.2, -0.15) is 0 Å². The molecule has 0 aromatic rings. The van der Waals surface area contributed by atoms with Gasteiger partial charge in [0.15, 0.2) is 0 Å². The first kappa shape index (κ1) is 84.0. The highest BCUT2D eigenvalue weighted by Crippen LogP contribution is 2.44. The van der Waals surface area contributed by atoms with E-state index >= 15 is 0 Å². The van der Waals surface area contributed by atoms with Crippen molar-refractivity contribution >= 4 is 0 Å². The van der Waals surface area contributed by atoms with E-state index in [9.17, 15) is 0 Å². The molecule has 0 radical (unpaired) electrons. The zero-order chi connectivity index (χ0) is 64.4. The van der Waals surface area contributed by atoms with Gasteiger partial charge in [-0.05, 0) is 170 Å². The molecule has 9 rings (SSSR count). The van der Waals surface area contributed by atoms with Gasteiger partial charge in [0.05, 0.1) is 0 Å². The van der Waals surface area contributed by atoms with Crippen LogP contribution in [0.15, 0.2) is 0 Å². The summed E-state index contributed by atoms with van der Waals surface area (Å²) in [5.41, 5.74) is 6.10. The molecule has 9 aliphatic rings. The second kappa shape index (κ2) is 46.1. The lowest BCUT2D eigenvalue weighted by Crippen LogP contribution is -2.18. The van der Waals surface area contributed by atoms with Gasteiger partial charge in [0, 0.05) is 0 Å². The lowest BCUT2D eigenvalue weighted by Gasteiger charge is -2.32. The lowest BCUT2D eigenvalue weighted by molar-refractivity contribution is 0.208. The standard InChI is InChI=1S/C14H28.C12H24.C10H20.3C9H18.2C8H16.C7H14/c1-14(2)12-10-8-6-4-3-5-7-9-11-13-14;1-12(2)10-8-6-4-3-5-7-9-11-12;1-10(2)8-6-4-3-5-7-9-10;1-8(2)9(3)6-4-5-7-9;1-9(2)7-5-3-4-6-8-9;1-3-9(2)7-5-4-6-8-9;1-8(2)6-4-3-5-7-8;1-3-8(2)6-4-5-7-8;1-7(2)5-3-4-6-7/h3-13H2,1-2H3;3-11H2,1-2H3;3-9H2,1-2H3;8H,4-7H2,1-3H3;2*3-8H2,1-2H3;2*3-7H2,1-2H3;3-6H2,1-2H3. The number of hydrogen-bond acceptors (Lipinski definition) is 0. The summed E-state index contributed by atoms with van der Waals surface area (Å²) >= 11 is 0. The predicted octanol–water partition coefficient (Wildman–Crippen LogP) is 32.1. The second-order valence-corrected chi connectivity index (χ2v) is 37.7. The normalized spacial score (nSPS) is 26.7. The molecule has 0 unspecified atom stereocenters. The zero-order valence-corrected chi connectivity index (χ0v) is 64.4. The SMILES string of the molecule is CC(C)C1(C)CCCC1.CC1(C)CCCC1.CC1(C)CCCCC1.CC1(C)CCCCCC1.CC1(C)CCCCCCC1.CC1(C)CCCCCCCCC1.CC1(C)CCCCCCCCCCC1.CCC1(C)CCCC1.CCC1(C)CCCCC1. The van der Waals surface area contributed by atoms with Crippen LogP contribution in [0.5, 0.6) is 0 Å². The first-order valence-electron chi connectivity index (χ1n) is 40.4. The molecule has 0 aliphatic heterocycles. The molecule has 0 aromatic heterocycles. The summed E-state index contributed by atoms with van der Waals surface area (Å²) < 4.78 is 0. The summed E-state index contributed by atoms with van der Waals surface area (Å²) in [7, 11) is 0. The summed E-state index contributed by atoms with van der Waals surface area (Å²) in [6.07, 6.45) is 83.6. The van der Waals surface area contributed by atoms with Gasteiger partial charge in [-0.3, -0.25) is 0 Å². The van der Waals surface area contributed by atoms with E-state index in [2.05, 4.69) is 132 Å². The largest absolute Gasteiger partial charge is 0.0649 e. The Morgan fingerprint density at radius 1 is 0.174 bits per heavy atom. The lowest BCUT2D eigenvalue weighted by atomic mass is 9.74. The third-order valence-corrected chi connectivity index (χ3v) is 25.0. The molecule has 0 spiro atoms. The maximum atomic E-state index is 2.46. The van der Waals surface area contributed by atoms with Crippen LogP contribution in [0.25, 0.3) is 0 Å². The Bertz CT molecular complexity index is 1450. The van der Waals surface area contributed by atoms with Crippen molar-refractivity contribution in [1.82, 2.24) is 0 Å². The van der Waals surface area contributed by atoms with Crippen molar-refractivity contribution in [2.75, 3.05) is 0 Å². The molecular weight excluding hydrogens is 1030 g/mol. The highest BCUT2D eigenvalue weighted by molar-refractivity contribution is 4.83. The summed E-state index contributed by atoms with van der Waals surface area (Å²) in [6.45, 7) is 45.5. The van der Waals surface area contributed by atoms with Crippen molar-refractivity contribution in [2.45, 2.75) is 498 Å². The number of rotatable bonds is 3. The maximum absolute atomic E-state index is 2.46. The van der Waals surface area contributed by atoms with Gasteiger partial charge in [0.1, 0.15) is 0 Å². The van der Waals surface area contributed by atoms with Crippen LogP contribution in [0.4, 0.5) is 0 Å². The molecule has 0 atom stereocenters. The van der Waals surface area contributed by atoms with Gasteiger partial charge < -0.3 is 0 Å². The van der Waals surface area contributed by atoms with E-state index in [1.807, 2.05) is 0 Å². The Morgan fingerprint density at radius 2 is 0.291 bits per heavy atom. The first-order chi connectivity index (χ1) is 40.4. The van der Waals surface area contributed by atoms with Crippen LogP contribution in [0.1, 0.15) is 498 Å².